The van der Waals surface area contributed by atoms with Crippen molar-refractivity contribution in [2.45, 2.75) is 104 Å². The molecule has 1 aliphatic rings. The molecule has 0 spiro atoms. The summed E-state index contributed by atoms with van der Waals surface area (Å²) in [5.41, 5.74) is 1.18. The Bertz CT molecular complexity index is 848. The van der Waals surface area contributed by atoms with Crippen LogP contribution in [0.5, 0.6) is 0 Å². The highest BCUT2D eigenvalue weighted by atomic mass is 28.4. The highest BCUT2D eigenvalue weighted by molar-refractivity contribution is 6.74. The lowest BCUT2D eigenvalue weighted by atomic mass is 9.91. The number of nitrogens with zero attached hydrogens (tertiary/aromatic N) is 2. The monoisotopic (exact) mass is 504 g/mol. The summed E-state index contributed by atoms with van der Waals surface area (Å²) < 4.78 is 6.98. The third kappa shape index (κ3) is 8.72. The second-order valence-corrected chi connectivity index (χ2v) is 17.0. The van der Waals surface area contributed by atoms with E-state index in [-0.39, 0.29) is 22.1 Å². The quantitative estimate of drug-likeness (QED) is 0.316. The van der Waals surface area contributed by atoms with E-state index < -0.39 is 14.3 Å². The van der Waals surface area contributed by atoms with Gasteiger partial charge in [-0.2, -0.15) is 0 Å². The molecular weight excluding hydrogens is 456 g/mol. The molecule has 1 heterocycles. The molecule has 1 aromatic rings. The largest absolute Gasteiger partial charge is 0.478 e. The van der Waals surface area contributed by atoms with Gasteiger partial charge in [-0.3, -0.25) is 9.80 Å². The molecule has 1 saturated heterocycles. The first-order valence-electron chi connectivity index (χ1n) is 13.2. The van der Waals surface area contributed by atoms with Gasteiger partial charge in [0.1, 0.15) is 0 Å². The van der Waals surface area contributed by atoms with Crippen LogP contribution in [0.4, 0.5) is 0 Å². The van der Waals surface area contributed by atoms with Gasteiger partial charge in [-0.15, -0.1) is 0 Å². The van der Waals surface area contributed by atoms with Gasteiger partial charge in [-0.1, -0.05) is 46.8 Å². The Kier molecular flexibility index (Phi) is 10.1. The van der Waals surface area contributed by atoms with Gasteiger partial charge in [0.25, 0.3) is 0 Å². The molecule has 0 radical (unpaired) electrons. The van der Waals surface area contributed by atoms with Crippen LogP contribution in [0.15, 0.2) is 24.3 Å². The van der Waals surface area contributed by atoms with Crippen molar-refractivity contribution in [3.05, 3.63) is 35.4 Å². The van der Waals surface area contributed by atoms with E-state index in [4.69, 9.17) is 9.53 Å². The van der Waals surface area contributed by atoms with Crippen LogP contribution < -0.4 is 0 Å². The molecule has 1 fully saturated rings. The lowest BCUT2D eigenvalue weighted by Crippen LogP contribution is -2.49. The molecule has 6 nitrogen and oxygen atoms in total. The average molecular weight is 505 g/mol. The predicted octanol–water partition coefficient (Wildman–Crippen LogP) is 6.37. The maximum absolute atomic E-state index is 12.6. The molecule has 35 heavy (non-hydrogen) atoms. The third-order valence-electron chi connectivity index (χ3n) is 7.71. The fourth-order valence-electron chi connectivity index (χ4n) is 4.41. The van der Waals surface area contributed by atoms with Crippen LogP contribution >= 0.6 is 0 Å². The van der Waals surface area contributed by atoms with Gasteiger partial charge in [0.15, 0.2) is 8.32 Å². The molecule has 0 bridgehead atoms. The molecule has 0 saturated carbocycles. The van der Waals surface area contributed by atoms with E-state index in [1.807, 2.05) is 17.1 Å². The molecule has 1 N–H and O–H groups in total. The molecule has 1 aliphatic heterocycles. The molecule has 7 heteroatoms. The summed E-state index contributed by atoms with van der Waals surface area (Å²) in [6.07, 6.45) is 5.46. The number of carboxylic acid groups (broad SMARTS) is 1. The van der Waals surface area contributed by atoms with Gasteiger partial charge in [0.05, 0.1) is 11.2 Å². The van der Waals surface area contributed by atoms with Gasteiger partial charge in [0.2, 0.25) is 5.91 Å². The van der Waals surface area contributed by atoms with Crippen molar-refractivity contribution in [3.63, 3.8) is 0 Å². The van der Waals surface area contributed by atoms with E-state index in [1.54, 1.807) is 12.1 Å². The van der Waals surface area contributed by atoms with Crippen LogP contribution in [0.1, 0.15) is 89.6 Å². The first kappa shape index (κ1) is 29.5. The fraction of sp³-hybridized carbons (Fsp3) is 0.714. The first-order valence-corrected chi connectivity index (χ1v) is 16.1. The van der Waals surface area contributed by atoms with Crippen molar-refractivity contribution in [2.75, 3.05) is 19.6 Å². The summed E-state index contributed by atoms with van der Waals surface area (Å²) in [5, 5.41) is 13.3. The Hall–Kier alpha value is -1.70. The van der Waals surface area contributed by atoms with Crippen molar-refractivity contribution in [1.82, 2.24) is 10.0 Å². The lowest BCUT2D eigenvalue weighted by Gasteiger charge is -2.45. The van der Waals surface area contributed by atoms with Gasteiger partial charge in [-0.25, -0.2) is 9.80 Å². The number of hydrazine groups is 1. The van der Waals surface area contributed by atoms with Crippen LogP contribution in [-0.2, 0) is 15.6 Å². The molecule has 1 amide bonds. The van der Waals surface area contributed by atoms with E-state index in [0.29, 0.717) is 25.3 Å². The topological polar surface area (TPSA) is 70.1 Å². The number of carboxylic acids is 1. The molecule has 0 aromatic heterocycles. The van der Waals surface area contributed by atoms with Crippen LogP contribution in [0.3, 0.4) is 0 Å². The van der Waals surface area contributed by atoms with E-state index in [9.17, 15) is 9.59 Å². The Morgan fingerprint density at radius 1 is 1.09 bits per heavy atom. The normalized spacial score (nSPS) is 17.3. The summed E-state index contributed by atoms with van der Waals surface area (Å²) in [6.45, 7) is 20.6. The SMILES string of the molecule is CC(C)CCC(C)(CCCN1CCC(=O)N1CCc1ccc(C(=O)O)cc1)O[Si](C)(C)C(C)(C)C. The summed E-state index contributed by atoms with van der Waals surface area (Å²) in [7, 11) is -1.89. The van der Waals surface area contributed by atoms with E-state index in [2.05, 4.69) is 59.6 Å². The summed E-state index contributed by atoms with van der Waals surface area (Å²) >= 11 is 0. The number of benzene rings is 1. The Morgan fingerprint density at radius 3 is 2.26 bits per heavy atom. The van der Waals surface area contributed by atoms with Crippen LogP contribution in [0.25, 0.3) is 0 Å². The van der Waals surface area contributed by atoms with E-state index in [0.717, 1.165) is 44.3 Å². The number of rotatable bonds is 13. The molecule has 1 aromatic carbocycles. The number of amides is 1. The van der Waals surface area contributed by atoms with E-state index in [1.165, 1.54) is 0 Å². The van der Waals surface area contributed by atoms with Crippen LogP contribution in [0.2, 0.25) is 18.1 Å². The minimum atomic E-state index is -1.89. The Morgan fingerprint density at radius 2 is 1.71 bits per heavy atom. The van der Waals surface area contributed by atoms with Crippen molar-refractivity contribution < 1.29 is 19.1 Å². The molecule has 0 aliphatic carbocycles. The smallest absolute Gasteiger partial charge is 0.335 e. The van der Waals surface area contributed by atoms with Crippen molar-refractivity contribution in [3.8, 4) is 0 Å². The predicted molar refractivity (Wildman–Crippen MR) is 145 cm³/mol. The van der Waals surface area contributed by atoms with Crippen LogP contribution in [-0.4, -0.2) is 60.6 Å². The van der Waals surface area contributed by atoms with Crippen molar-refractivity contribution in [2.24, 2.45) is 5.92 Å². The van der Waals surface area contributed by atoms with Gasteiger partial charge in [-0.05, 0) is 80.8 Å². The van der Waals surface area contributed by atoms with Crippen LogP contribution in [0, 0.1) is 5.92 Å². The number of carbonyl (C=O) groups is 2. The molecule has 2 rings (SSSR count). The second kappa shape index (κ2) is 12.0. The highest BCUT2D eigenvalue weighted by Gasteiger charge is 2.42. The number of carbonyl (C=O) groups excluding carboxylic acids is 1. The third-order valence-corrected chi connectivity index (χ3v) is 12.3. The minimum absolute atomic E-state index is 0.145. The Balaban J connectivity index is 1.97. The average Bonchev–Trinajstić information content (AvgIpc) is 3.09. The number of hydrogen-bond acceptors (Lipinski definition) is 4. The minimum Gasteiger partial charge on any atom is -0.478 e. The van der Waals surface area contributed by atoms with Gasteiger partial charge < -0.3 is 9.53 Å². The maximum Gasteiger partial charge on any atom is 0.335 e. The maximum atomic E-state index is 12.6. The summed E-state index contributed by atoms with van der Waals surface area (Å²) in [6, 6.07) is 6.93. The first-order chi connectivity index (χ1) is 16.1. The van der Waals surface area contributed by atoms with Gasteiger partial charge >= 0.3 is 5.97 Å². The summed E-state index contributed by atoms with van der Waals surface area (Å²) in [5.74, 6) is -0.101. The highest BCUT2D eigenvalue weighted by Crippen LogP contribution is 2.41. The molecule has 1 unspecified atom stereocenters. The Labute approximate surface area is 214 Å². The standard InChI is InChI=1S/C28H48N2O4Si/c1-22(2)14-18-28(6,34-35(7,8)27(3,4)5)17-9-19-29-20-16-25(31)30(29)21-15-23-10-12-24(13-11-23)26(32)33/h10-13,22H,9,14-21H2,1-8H3,(H,32,33). The molecule has 1 atom stereocenters. The fourth-order valence-corrected chi connectivity index (χ4v) is 6.15. The molecule has 198 valence electrons. The molecular formula is C28H48N2O4Si. The number of hydrogen-bond donors (Lipinski definition) is 1. The zero-order valence-electron chi connectivity index (χ0n) is 23.3. The lowest BCUT2D eigenvalue weighted by molar-refractivity contribution is -0.138. The van der Waals surface area contributed by atoms with Crippen molar-refractivity contribution >= 4 is 20.2 Å². The zero-order chi connectivity index (χ0) is 26.4. The van der Waals surface area contributed by atoms with Crippen molar-refractivity contribution in [1.29, 1.82) is 0 Å². The van der Waals surface area contributed by atoms with Gasteiger partial charge in [0, 0.05) is 26.1 Å². The second-order valence-electron chi connectivity index (χ2n) is 12.3. The summed E-state index contributed by atoms with van der Waals surface area (Å²) in [4.78, 5) is 23.6. The zero-order valence-corrected chi connectivity index (χ0v) is 24.3. The number of aromatic carboxylic acids is 1. The van der Waals surface area contributed by atoms with E-state index >= 15 is 0 Å².